The Kier molecular flexibility index (Phi) is 5.05. The highest BCUT2D eigenvalue weighted by Gasteiger charge is 2.13. The van der Waals surface area contributed by atoms with Gasteiger partial charge in [-0.1, -0.05) is 36.4 Å². The number of hydrogen-bond donors (Lipinski definition) is 2. The molecule has 0 aromatic heterocycles. The highest BCUT2D eigenvalue weighted by atomic mass is 32.2. The molecule has 0 aliphatic rings. The molecule has 2 aromatic carbocycles. The molecule has 2 rings (SSSR count). The molecule has 23 heavy (non-hydrogen) atoms. The number of anilines is 1. The summed E-state index contributed by atoms with van der Waals surface area (Å²) in [5, 5.41) is 5.54. The molecule has 0 saturated carbocycles. The van der Waals surface area contributed by atoms with Crippen LogP contribution in [0.25, 0.3) is 0 Å². The van der Waals surface area contributed by atoms with Crippen LogP contribution < -0.4 is 10.6 Å². The Balaban J connectivity index is 2.11. The second-order valence-electron chi connectivity index (χ2n) is 5.48. The van der Waals surface area contributed by atoms with Crippen LogP contribution in [0.15, 0.2) is 53.4 Å². The first-order chi connectivity index (χ1) is 10.8. The van der Waals surface area contributed by atoms with Crippen LogP contribution in [-0.2, 0) is 9.84 Å². The molecule has 1 unspecified atom stereocenters. The van der Waals surface area contributed by atoms with Gasteiger partial charge >= 0.3 is 6.03 Å². The minimum absolute atomic E-state index is 0.158. The lowest BCUT2D eigenvalue weighted by Gasteiger charge is -2.16. The van der Waals surface area contributed by atoms with Crippen LogP contribution in [0.2, 0.25) is 0 Å². The van der Waals surface area contributed by atoms with Crippen molar-refractivity contribution in [3.05, 3.63) is 59.7 Å². The predicted octanol–water partition coefficient (Wildman–Crippen LogP) is 3.28. The molecular formula is C17H20N2O3S. The molecule has 0 bridgehead atoms. The zero-order chi connectivity index (χ0) is 17.0. The van der Waals surface area contributed by atoms with Gasteiger partial charge in [-0.2, -0.15) is 0 Å². The molecule has 0 fully saturated rings. The van der Waals surface area contributed by atoms with Gasteiger partial charge in [-0.3, -0.25) is 0 Å². The summed E-state index contributed by atoms with van der Waals surface area (Å²) in [7, 11) is -3.32. The third-order valence-electron chi connectivity index (χ3n) is 3.53. The number of rotatable bonds is 4. The third kappa shape index (κ3) is 4.56. The van der Waals surface area contributed by atoms with E-state index in [1.165, 1.54) is 12.1 Å². The Morgan fingerprint density at radius 2 is 1.74 bits per heavy atom. The van der Waals surface area contributed by atoms with E-state index in [0.717, 1.165) is 17.4 Å². The number of benzene rings is 2. The Labute approximate surface area is 136 Å². The number of aryl methyl sites for hydroxylation is 1. The maximum Gasteiger partial charge on any atom is 0.319 e. The van der Waals surface area contributed by atoms with Crippen LogP contribution in [0.4, 0.5) is 10.5 Å². The van der Waals surface area contributed by atoms with E-state index in [0.29, 0.717) is 5.69 Å². The second kappa shape index (κ2) is 6.83. The molecule has 2 N–H and O–H groups in total. The summed E-state index contributed by atoms with van der Waals surface area (Å²) < 4.78 is 23.2. The van der Waals surface area contributed by atoms with Crippen molar-refractivity contribution in [3.63, 3.8) is 0 Å². The Bertz CT molecular complexity index is 802. The van der Waals surface area contributed by atoms with Crippen LogP contribution in [0.3, 0.4) is 0 Å². The van der Waals surface area contributed by atoms with Crippen LogP contribution in [-0.4, -0.2) is 20.7 Å². The normalized spacial score (nSPS) is 12.5. The van der Waals surface area contributed by atoms with Crippen molar-refractivity contribution in [1.29, 1.82) is 0 Å². The van der Waals surface area contributed by atoms with Gasteiger partial charge in [0.25, 0.3) is 0 Å². The van der Waals surface area contributed by atoms with E-state index in [-0.39, 0.29) is 17.0 Å². The predicted molar refractivity (Wildman–Crippen MR) is 91.3 cm³/mol. The first-order valence-corrected chi connectivity index (χ1v) is 9.09. The van der Waals surface area contributed by atoms with E-state index in [9.17, 15) is 13.2 Å². The van der Waals surface area contributed by atoms with Crippen LogP contribution in [0.5, 0.6) is 0 Å². The van der Waals surface area contributed by atoms with Crippen LogP contribution in [0.1, 0.15) is 24.1 Å². The highest BCUT2D eigenvalue weighted by molar-refractivity contribution is 7.90. The molecule has 0 aliphatic carbocycles. The maximum atomic E-state index is 12.1. The molecule has 0 heterocycles. The van der Waals surface area contributed by atoms with E-state index >= 15 is 0 Å². The largest absolute Gasteiger partial charge is 0.331 e. The van der Waals surface area contributed by atoms with E-state index in [2.05, 4.69) is 10.6 Å². The average Bonchev–Trinajstić information content (AvgIpc) is 2.49. The standard InChI is InChI=1S/C17H20N2O3S/c1-12-9-10-15(23(3,21)22)11-16(12)19-17(20)18-13(2)14-7-5-4-6-8-14/h4-11,13H,1-3H3,(H2,18,19,20). The summed E-state index contributed by atoms with van der Waals surface area (Å²) in [5.41, 5.74) is 2.26. The van der Waals surface area contributed by atoms with Crippen molar-refractivity contribution in [1.82, 2.24) is 5.32 Å². The molecule has 2 aromatic rings. The molecule has 5 nitrogen and oxygen atoms in total. The van der Waals surface area contributed by atoms with Gasteiger partial charge in [-0.15, -0.1) is 0 Å². The number of carbonyl (C=O) groups is 1. The van der Waals surface area contributed by atoms with Crippen molar-refractivity contribution in [3.8, 4) is 0 Å². The summed E-state index contributed by atoms with van der Waals surface area (Å²) in [6, 6.07) is 13.7. The lowest BCUT2D eigenvalue weighted by atomic mass is 10.1. The molecule has 0 radical (unpaired) electrons. The Morgan fingerprint density at radius 3 is 2.35 bits per heavy atom. The summed E-state index contributed by atoms with van der Waals surface area (Å²) in [5.74, 6) is 0. The fourth-order valence-corrected chi connectivity index (χ4v) is 2.79. The van der Waals surface area contributed by atoms with Crippen molar-refractivity contribution in [2.75, 3.05) is 11.6 Å². The van der Waals surface area contributed by atoms with Crippen LogP contribution in [0, 0.1) is 6.92 Å². The molecule has 0 saturated heterocycles. The minimum Gasteiger partial charge on any atom is -0.331 e. The molecular weight excluding hydrogens is 312 g/mol. The Hall–Kier alpha value is -2.34. The molecule has 6 heteroatoms. The summed E-state index contributed by atoms with van der Waals surface area (Å²) in [6.07, 6.45) is 1.14. The lowest BCUT2D eigenvalue weighted by molar-refractivity contribution is 0.249. The van der Waals surface area contributed by atoms with Gasteiger partial charge in [-0.05, 0) is 37.1 Å². The monoisotopic (exact) mass is 332 g/mol. The first kappa shape index (κ1) is 17.0. The van der Waals surface area contributed by atoms with Gasteiger partial charge in [-0.25, -0.2) is 13.2 Å². The van der Waals surface area contributed by atoms with Crippen molar-refractivity contribution < 1.29 is 13.2 Å². The molecule has 2 amide bonds. The number of hydrogen-bond acceptors (Lipinski definition) is 3. The number of urea groups is 1. The van der Waals surface area contributed by atoms with Crippen molar-refractivity contribution in [2.45, 2.75) is 24.8 Å². The van der Waals surface area contributed by atoms with Gasteiger partial charge in [0.05, 0.1) is 10.9 Å². The topological polar surface area (TPSA) is 75.3 Å². The molecule has 1 atom stereocenters. The third-order valence-corrected chi connectivity index (χ3v) is 4.64. The fraction of sp³-hybridized carbons (Fsp3) is 0.235. The van der Waals surface area contributed by atoms with Gasteiger partial charge in [0.15, 0.2) is 9.84 Å². The quantitative estimate of drug-likeness (QED) is 0.902. The second-order valence-corrected chi connectivity index (χ2v) is 7.50. The van der Waals surface area contributed by atoms with Crippen LogP contribution >= 0.6 is 0 Å². The number of nitrogens with one attached hydrogen (secondary N) is 2. The molecule has 0 spiro atoms. The first-order valence-electron chi connectivity index (χ1n) is 7.20. The zero-order valence-corrected chi connectivity index (χ0v) is 14.1. The van der Waals surface area contributed by atoms with E-state index < -0.39 is 9.84 Å². The molecule has 122 valence electrons. The van der Waals surface area contributed by atoms with Crippen molar-refractivity contribution >= 4 is 21.6 Å². The zero-order valence-electron chi connectivity index (χ0n) is 13.3. The van der Waals surface area contributed by atoms with E-state index in [1.807, 2.05) is 44.2 Å². The lowest BCUT2D eigenvalue weighted by Crippen LogP contribution is -2.31. The highest BCUT2D eigenvalue weighted by Crippen LogP contribution is 2.20. The minimum atomic E-state index is -3.32. The van der Waals surface area contributed by atoms with Gasteiger partial charge < -0.3 is 10.6 Å². The number of sulfone groups is 1. The summed E-state index contributed by atoms with van der Waals surface area (Å²) in [4.78, 5) is 12.3. The number of amides is 2. The maximum absolute atomic E-state index is 12.1. The average molecular weight is 332 g/mol. The van der Waals surface area contributed by atoms with Gasteiger partial charge in [0, 0.05) is 11.9 Å². The summed E-state index contributed by atoms with van der Waals surface area (Å²) >= 11 is 0. The van der Waals surface area contributed by atoms with Gasteiger partial charge in [0.2, 0.25) is 0 Å². The van der Waals surface area contributed by atoms with E-state index in [4.69, 9.17) is 0 Å². The van der Waals surface area contributed by atoms with E-state index in [1.54, 1.807) is 6.07 Å². The smallest absolute Gasteiger partial charge is 0.319 e. The SMILES string of the molecule is Cc1ccc(S(C)(=O)=O)cc1NC(=O)NC(C)c1ccccc1. The Morgan fingerprint density at radius 1 is 1.09 bits per heavy atom. The number of carbonyl (C=O) groups excluding carboxylic acids is 1. The van der Waals surface area contributed by atoms with Crippen molar-refractivity contribution in [2.24, 2.45) is 0 Å². The fourth-order valence-electron chi connectivity index (χ4n) is 2.15. The van der Waals surface area contributed by atoms with Gasteiger partial charge in [0.1, 0.15) is 0 Å². The summed E-state index contributed by atoms with van der Waals surface area (Å²) in [6.45, 7) is 3.69. The molecule has 0 aliphatic heterocycles.